The Morgan fingerprint density at radius 2 is 1.68 bits per heavy atom. The number of rotatable bonds is 8. The molecule has 3 aromatic rings. The summed E-state index contributed by atoms with van der Waals surface area (Å²) in [4.78, 5) is 17.3. The van der Waals surface area contributed by atoms with Gasteiger partial charge in [-0.3, -0.25) is 0 Å². The summed E-state index contributed by atoms with van der Waals surface area (Å²) in [6, 6.07) is 14.9. The highest BCUT2D eigenvalue weighted by atomic mass is 16.6. The van der Waals surface area contributed by atoms with Gasteiger partial charge in [0, 0.05) is 12.5 Å². The maximum Gasteiger partial charge on any atom is 0.340 e. The number of esters is 1. The van der Waals surface area contributed by atoms with Crippen molar-refractivity contribution in [1.29, 1.82) is 0 Å². The summed E-state index contributed by atoms with van der Waals surface area (Å²) in [6.45, 7) is 2.51. The maximum absolute atomic E-state index is 12.7. The largest absolute Gasteiger partial charge is 0.497 e. The molecule has 6 heteroatoms. The zero-order chi connectivity index (χ0) is 19.9. The first kappa shape index (κ1) is 19.6. The summed E-state index contributed by atoms with van der Waals surface area (Å²) in [5.74, 6) is 1.00. The Morgan fingerprint density at radius 1 is 0.964 bits per heavy atom. The van der Waals surface area contributed by atoms with Gasteiger partial charge in [-0.25, -0.2) is 9.78 Å². The van der Waals surface area contributed by atoms with Gasteiger partial charge in [-0.1, -0.05) is 18.2 Å². The van der Waals surface area contributed by atoms with Crippen LogP contribution in [0.25, 0.3) is 10.9 Å². The van der Waals surface area contributed by atoms with Gasteiger partial charge >= 0.3 is 5.97 Å². The highest BCUT2D eigenvalue weighted by Crippen LogP contribution is 2.24. The lowest BCUT2D eigenvalue weighted by molar-refractivity contribution is 0.0444. The third-order valence-electron chi connectivity index (χ3n) is 4.36. The Balaban J connectivity index is 1.68. The van der Waals surface area contributed by atoms with Crippen LogP contribution in [0.15, 0.2) is 48.5 Å². The molecule has 0 aliphatic rings. The van der Waals surface area contributed by atoms with E-state index in [-0.39, 0.29) is 19.8 Å². The number of nitrogens with zero attached hydrogens (tertiary/aromatic N) is 1. The quantitative estimate of drug-likeness (QED) is 0.435. The topological polar surface area (TPSA) is 66.9 Å². The second-order valence-corrected chi connectivity index (χ2v) is 6.17. The molecule has 0 radical (unpaired) electrons. The van der Waals surface area contributed by atoms with Crippen molar-refractivity contribution in [2.24, 2.45) is 0 Å². The van der Waals surface area contributed by atoms with Crippen LogP contribution < -0.4 is 9.47 Å². The number of pyridine rings is 1. The molecule has 3 rings (SSSR count). The molecule has 0 aliphatic carbocycles. The SMILES string of the molecule is COCc1nc2ccccc2c(C)c1C(=O)OCCOc1ccc(OC)cc1. The second-order valence-electron chi connectivity index (χ2n) is 6.17. The number of carbonyl (C=O) groups is 1. The number of ether oxygens (including phenoxy) is 4. The monoisotopic (exact) mass is 381 g/mol. The Labute approximate surface area is 164 Å². The summed E-state index contributed by atoms with van der Waals surface area (Å²) in [5.41, 5.74) is 2.68. The van der Waals surface area contributed by atoms with E-state index in [4.69, 9.17) is 18.9 Å². The summed E-state index contributed by atoms with van der Waals surface area (Å²) < 4.78 is 21.4. The van der Waals surface area contributed by atoms with E-state index in [0.717, 1.165) is 22.2 Å². The highest BCUT2D eigenvalue weighted by molar-refractivity contribution is 5.98. The van der Waals surface area contributed by atoms with Crippen LogP contribution in [0, 0.1) is 6.92 Å². The van der Waals surface area contributed by atoms with Gasteiger partial charge in [0.05, 0.1) is 30.5 Å². The standard InChI is InChI=1S/C22H23NO5/c1-15-18-6-4-5-7-19(18)23-20(14-25-2)21(15)22(24)28-13-12-27-17-10-8-16(26-3)9-11-17/h4-11H,12-14H2,1-3H3. The molecule has 28 heavy (non-hydrogen) atoms. The summed E-state index contributed by atoms with van der Waals surface area (Å²) in [5, 5.41) is 0.920. The maximum atomic E-state index is 12.7. The minimum Gasteiger partial charge on any atom is -0.497 e. The van der Waals surface area contributed by atoms with E-state index >= 15 is 0 Å². The van der Waals surface area contributed by atoms with Gasteiger partial charge < -0.3 is 18.9 Å². The van der Waals surface area contributed by atoms with Crippen molar-refractivity contribution < 1.29 is 23.7 Å². The zero-order valence-electron chi connectivity index (χ0n) is 16.2. The first-order chi connectivity index (χ1) is 13.6. The third kappa shape index (κ3) is 4.40. The smallest absolute Gasteiger partial charge is 0.340 e. The van der Waals surface area contributed by atoms with Crippen LogP contribution in [0.4, 0.5) is 0 Å². The lowest BCUT2D eigenvalue weighted by Crippen LogP contribution is -2.16. The molecule has 2 aromatic carbocycles. The molecule has 1 heterocycles. The number of methoxy groups -OCH3 is 2. The minimum atomic E-state index is -0.430. The average Bonchev–Trinajstić information content (AvgIpc) is 2.72. The molecule has 146 valence electrons. The summed E-state index contributed by atoms with van der Waals surface area (Å²) >= 11 is 0. The van der Waals surface area contributed by atoms with Gasteiger partial charge in [-0.2, -0.15) is 0 Å². The fourth-order valence-corrected chi connectivity index (χ4v) is 2.99. The predicted octanol–water partition coefficient (Wildman–Crippen LogP) is 3.93. The molecule has 0 saturated heterocycles. The highest BCUT2D eigenvalue weighted by Gasteiger charge is 2.20. The zero-order valence-corrected chi connectivity index (χ0v) is 16.2. The van der Waals surface area contributed by atoms with E-state index in [1.165, 1.54) is 0 Å². The first-order valence-corrected chi connectivity index (χ1v) is 8.95. The minimum absolute atomic E-state index is 0.129. The van der Waals surface area contributed by atoms with Gasteiger partial charge in [0.25, 0.3) is 0 Å². The Morgan fingerprint density at radius 3 is 2.39 bits per heavy atom. The van der Waals surface area contributed by atoms with Gasteiger partial charge in [0.1, 0.15) is 24.7 Å². The van der Waals surface area contributed by atoms with Crippen LogP contribution in [0.5, 0.6) is 11.5 Å². The Hall–Kier alpha value is -3.12. The number of aryl methyl sites for hydroxylation is 1. The van der Waals surface area contributed by atoms with E-state index < -0.39 is 5.97 Å². The van der Waals surface area contributed by atoms with Crippen LogP contribution in [0.3, 0.4) is 0 Å². The van der Waals surface area contributed by atoms with E-state index in [2.05, 4.69) is 4.98 Å². The molecular formula is C22H23NO5. The van der Waals surface area contributed by atoms with Crippen molar-refractivity contribution in [2.45, 2.75) is 13.5 Å². The number of hydrogen-bond donors (Lipinski definition) is 0. The van der Waals surface area contributed by atoms with E-state index in [9.17, 15) is 4.79 Å². The van der Waals surface area contributed by atoms with Crippen LogP contribution in [-0.4, -0.2) is 38.4 Å². The van der Waals surface area contributed by atoms with Crippen molar-refractivity contribution in [3.05, 3.63) is 65.4 Å². The second kappa shape index (κ2) is 9.19. The first-order valence-electron chi connectivity index (χ1n) is 8.95. The van der Waals surface area contributed by atoms with Crippen molar-refractivity contribution >= 4 is 16.9 Å². The number of para-hydroxylation sites is 1. The lowest BCUT2D eigenvalue weighted by Gasteiger charge is -2.14. The molecule has 0 aliphatic heterocycles. The predicted molar refractivity (Wildman–Crippen MR) is 106 cm³/mol. The lowest BCUT2D eigenvalue weighted by atomic mass is 10.0. The number of carbonyl (C=O) groups excluding carboxylic acids is 1. The number of hydrogen-bond acceptors (Lipinski definition) is 6. The summed E-state index contributed by atoms with van der Waals surface area (Å²) in [6.07, 6.45) is 0. The molecule has 1 aromatic heterocycles. The molecule has 0 atom stereocenters. The molecule has 0 amide bonds. The van der Waals surface area contributed by atoms with Crippen LogP contribution in [-0.2, 0) is 16.1 Å². The van der Waals surface area contributed by atoms with Gasteiger partial charge in [-0.05, 0) is 42.8 Å². The normalized spacial score (nSPS) is 10.7. The molecule has 6 nitrogen and oxygen atoms in total. The molecule has 0 fully saturated rings. The molecule has 0 N–H and O–H groups in total. The molecule has 0 unspecified atom stereocenters. The number of aromatic nitrogens is 1. The van der Waals surface area contributed by atoms with Gasteiger partial charge in [0.15, 0.2) is 0 Å². The van der Waals surface area contributed by atoms with Crippen LogP contribution >= 0.6 is 0 Å². The molecular weight excluding hydrogens is 358 g/mol. The van der Waals surface area contributed by atoms with Crippen LogP contribution in [0.1, 0.15) is 21.6 Å². The fourth-order valence-electron chi connectivity index (χ4n) is 2.99. The van der Waals surface area contributed by atoms with Gasteiger partial charge in [-0.15, -0.1) is 0 Å². The van der Waals surface area contributed by atoms with Crippen molar-refractivity contribution in [1.82, 2.24) is 4.98 Å². The molecule has 0 spiro atoms. The van der Waals surface area contributed by atoms with E-state index in [1.807, 2.05) is 43.3 Å². The van der Waals surface area contributed by atoms with E-state index in [1.54, 1.807) is 26.4 Å². The van der Waals surface area contributed by atoms with E-state index in [0.29, 0.717) is 17.0 Å². The van der Waals surface area contributed by atoms with Crippen LogP contribution in [0.2, 0.25) is 0 Å². The van der Waals surface area contributed by atoms with Crippen molar-refractivity contribution in [2.75, 3.05) is 27.4 Å². The Kier molecular flexibility index (Phi) is 6.45. The number of fused-ring (bicyclic) bond motifs is 1. The van der Waals surface area contributed by atoms with Gasteiger partial charge in [0.2, 0.25) is 0 Å². The summed E-state index contributed by atoms with van der Waals surface area (Å²) in [7, 11) is 3.18. The fraction of sp³-hybridized carbons (Fsp3) is 0.273. The Bertz CT molecular complexity index is 953. The van der Waals surface area contributed by atoms with Crippen molar-refractivity contribution in [3.8, 4) is 11.5 Å². The average molecular weight is 381 g/mol. The van der Waals surface area contributed by atoms with Crippen molar-refractivity contribution in [3.63, 3.8) is 0 Å². The molecule has 0 bridgehead atoms. The third-order valence-corrected chi connectivity index (χ3v) is 4.36. The molecule has 0 saturated carbocycles. The number of benzene rings is 2.